The number of fused-ring (bicyclic) bond motifs is 1. The minimum Gasteiger partial charge on any atom is -0.497 e. The van der Waals surface area contributed by atoms with Crippen molar-refractivity contribution < 1.29 is 14.3 Å². The molecule has 0 aromatic heterocycles. The predicted octanol–water partition coefficient (Wildman–Crippen LogP) is 4.57. The smallest absolute Gasteiger partial charge is 0.255 e. The van der Waals surface area contributed by atoms with Crippen molar-refractivity contribution in [1.29, 1.82) is 0 Å². The molecule has 2 amide bonds. The van der Waals surface area contributed by atoms with Crippen LogP contribution in [0.15, 0.2) is 72.8 Å². The zero-order valence-corrected chi connectivity index (χ0v) is 18.5. The maximum atomic E-state index is 12.7. The maximum absolute atomic E-state index is 12.7. The lowest BCUT2D eigenvalue weighted by atomic mass is 10.1. The van der Waals surface area contributed by atoms with Gasteiger partial charge in [0.2, 0.25) is 5.91 Å². The van der Waals surface area contributed by atoms with E-state index in [4.69, 9.17) is 4.74 Å². The number of methoxy groups -OCH3 is 1. The molecule has 0 saturated heterocycles. The average molecular weight is 430 g/mol. The van der Waals surface area contributed by atoms with Crippen LogP contribution >= 0.6 is 0 Å². The van der Waals surface area contributed by atoms with Crippen LogP contribution in [0, 0.1) is 5.92 Å². The lowest BCUT2D eigenvalue weighted by Crippen LogP contribution is -2.34. The van der Waals surface area contributed by atoms with Gasteiger partial charge in [-0.2, -0.15) is 0 Å². The van der Waals surface area contributed by atoms with E-state index in [1.807, 2.05) is 62.5 Å². The molecule has 4 rings (SSSR count). The van der Waals surface area contributed by atoms with Crippen molar-refractivity contribution in [3.8, 4) is 5.75 Å². The summed E-state index contributed by atoms with van der Waals surface area (Å²) in [5.41, 5.74) is 4.32. The van der Waals surface area contributed by atoms with E-state index in [9.17, 15) is 9.59 Å². The highest BCUT2D eigenvalue weighted by Crippen LogP contribution is 2.34. The van der Waals surface area contributed by atoms with E-state index >= 15 is 0 Å². The molecule has 1 N–H and O–H groups in total. The minimum absolute atomic E-state index is 0.109. The van der Waals surface area contributed by atoms with Gasteiger partial charge in [-0.25, -0.2) is 0 Å². The van der Waals surface area contributed by atoms with E-state index in [0.29, 0.717) is 24.3 Å². The molecule has 0 fully saturated rings. The molecular formula is C26H27N3O3. The first kappa shape index (κ1) is 21.4. The summed E-state index contributed by atoms with van der Waals surface area (Å²) in [7, 11) is 3.44. The summed E-state index contributed by atoms with van der Waals surface area (Å²) in [6.07, 6.45) is 0. The van der Waals surface area contributed by atoms with E-state index in [2.05, 4.69) is 10.2 Å². The first-order chi connectivity index (χ1) is 15.5. The van der Waals surface area contributed by atoms with Crippen LogP contribution < -0.4 is 19.9 Å². The van der Waals surface area contributed by atoms with E-state index in [0.717, 1.165) is 22.7 Å². The highest BCUT2D eigenvalue weighted by molar-refractivity contribution is 6.04. The van der Waals surface area contributed by atoms with E-state index in [1.54, 1.807) is 36.3 Å². The molecule has 1 atom stereocenters. The number of rotatable bonds is 5. The minimum atomic E-state index is -0.164. The lowest BCUT2D eigenvalue weighted by Gasteiger charge is -2.26. The van der Waals surface area contributed by atoms with Crippen molar-refractivity contribution >= 4 is 28.9 Å². The van der Waals surface area contributed by atoms with Gasteiger partial charge in [0.1, 0.15) is 5.75 Å². The van der Waals surface area contributed by atoms with E-state index in [-0.39, 0.29) is 17.7 Å². The second-order valence-electron chi connectivity index (χ2n) is 8.05. The largest absolute Gasteiger partial charge is 0.497 e. The standard InChI is InChI=1S/C26H27N3O3/c1-18-16-29(24-7-5-4-6-23(24)28(2)26(18)31)17-19-8-10-20(11-9-19)25(30)27-21-12-14-22(32-3)15-13-21/h4-15,18H,16-17H2,1-3H3,(H,27,30)/t18-/m1/s1. The molecular weight excluding hydrogens is 402 g/mol. The third kappa shape index (κ3) is 4.44. The van der Waals surface area contributed by atoms with Gasteiger partial charge < -0.3 is 19.9 Å². The molecule has 0 unspecified atom stereocenters. The highest BCUT2D eigenvalue weighted by Gasteiger charge is 2.28. The Morgan fingerprint density at radius 3 is 2.31 bits per heavy atom. The van der Waals surface area contributed by atoms with Crippen LogP contribution in [0.2, 0.25) is 0 Å². The van der Waals surface area contributed by atoms with Crippen LogP contribution in [0.1, 0.15) is 22.8 Å². The Balaban J connectivity index is 1.48. The second kappa shape index (κ2) is 9.14. The number of ether oxygens (including phenoxy) is 1. The fraction of sp³-hybridized carbons (Fsp3) is 0.231. The Morgan fingerprint density at radius 2 is 1.66 bits per heavy atom. The van der Waals surface area contributed by atoms with E-state index in [1.165, 1.54) is 0 Å². The van der Waals surface area contributed by atoms with Gasteiger partial charge >= 0.3 is 0 Å². The Kier molecular flexibility index (Phi) is 6.12. The first-order valence-corrected chi connectivity index (χ1v) is 10.6. The van der Waals surface area contributed by atoms with Crippen molar-refractivity contribution in [3.05, 3.63) is 83.9 Å². The summed E-state index contributed by atoms with van der Waals surface area (Å²) in [6, 6.07) is 22.8. The Bertz CT molecular complexity index is 1110. The maximum Gasteiger partial charge on any atom is 0.255 e. The van der Waals surface area contributed by atoms with Crippen LogP contribution in [-0.4, -0.2) is 32.5 Å². The topological polar surface area (TPSA) is 61.9 Å². The lowest BCUT2D eigenvalue weighted by molar-refractivity contribution is -0.121. The molecule has 0 saturated carbocycles. The van der Waals surface area contributed by atoms with Crippen LogP contribution in [0.3, 0.4) is 0 Å². The monoisotopic (exact) mass is 429 g/mol. The summed E-state index contributed by atoms with van der Waals surface area (Å²) in [4.78, 5) is 29.2. The molecule has 32 heavy (non-hydrogen) atoms. The molecule has 0 bridgehead atoms. The van der Waals surface area contributed by atoms with Gasteiger partial charge in [-0.1, -0.05) is 31.2 Å². The zero-order chi connectivity index (χ0) is 22.7. The Morgan fingerprint density at radius 1 is 1.00 bits per heavy atom. The molecule has 3 aromatic carbocycles. The Labute approximate surface area is 188 Å². The second-order valence-corrected chi connectivity index (χ2v) is 8.05. The molecule has 0 aliphatic carbocycles. The van der Waals surface area contributed by atoms with Gasteiger partial charge in [0.25, 0.3) is 5.91 Å². The first-order valence-electron chi connectivity index (χ1n) is 10.6. The summed E-state index contributed by atoms with van der Waals surface area (Å²) in [6.45, 7) is 3.26. The van der Waals surface area contributed by atoms with Crippen LogP contribution in [-0.2, 0) is 11.3 Å². The van der Waals surface area contributed by atoms with Gasteiger partial charge in [-0.15, -0.1) is 0 Å². The van der Waals surface area contributed by atoms with Gasteiger partial charge in [0.05, 0.1) is 24.4 Å². The zero-order valence-electron chi connectivity index (χ0n) is 18.5. The number of amides is 2. The summed E-state index contributed by atoms with van der Waals surface area (Å²) in [5, 5.41) is 2.90. The van der Waals surface area contributed by atoms with Crippen molar-refractivity contribution in [2.75, 3.05) is 35.8 Å². The number of para-hydroxylation sites is 2. The van der Waals surface area contributed by atoms with Crippen LogP contribution in [0.25, 0.3) is 0 Å². The predicted molar refractivity (Wildman–Crippen MR) is 127 cm³/mol. The number of nitrogens with zero attached hydrogens (tertiary/aromatic N) is 2. The molecule has 0 spiro atoms. The third-order valence-electron chi connectivity index (χ3n) is 5.77. The number of anilines is 3. The number of hydrogen-bond donors (Lipinski definition) is 1. The molecule has 6 heteroatoms. The number of carbonyl (C=O) groups excluding carboxylic acids is 2. The number of nitrogens with one attached hydrogen (secondary N) is 1. The average Bonchev–Trinajstić information content (AvgIpc) is 2.91. The normalized spacial score (nSPS) is 15.7. The van der Waals surface area contributed by atoms with Gasteiger partial charge in [0, 0.05) is 31.4 Å². The van der Waals surface area contributed by atoms with Crippen molar-refractivity contribution in [2.24, 2.45) is 5.92 Å². The van der Waals surface area contributed by atoms with Crippen molar-refractivity contribution in [2.45, 2.75) is 13.5 Å². The third-order valence-corrected chi connectivity index (χ3v) is 5.77. The molecule has 1 heterocycles. The summed E-state index contributed by atoms with van der Waals surface area (Å²) < 4.78 is 5.14. The van der Waals surface area contributed by atoms with Gasteiger partial charge in [-0.3, -0.25) is 9.59 Å². The quantitative estimate of drug-likeness (QED) is 0.646. The SMILES string of the molecule is COc1ccc(NC(=O)c2ccc(CN3C[C@@H](C)C(=O)N(C)c4ccccc43)cc2)cc1. The van der Waals surface area contributed by atoms with Crippen molar-refractivity contribution in [1.82, 2.24) is 0 Å². The van der Waals surface area contributed by atoms with E-state index < -0.39 is 0 Å². The fourth-order valence-corrected chi connectivity index (χ4v) is 3.98. The molecule has 164 valence electrons. The number of benzene rings is 3. The highest BCUT2D eigenvalue weighted by atomic mass is 16.5. The molecule has 0 radical (unpaired) electrons. The van der Waals surface area contributed by atoms with Gasteiger partial charge in [-0.05, 0) is 54.1 Å². The van der Waals surface area contributed by atoms with Crippen LogP contribution in [0.5, 0.6) is 5.75 Å². The summed E-state index contributed by atoms with van der Waals surface area (Å²) in [5.74, 6) is 0.583. The number of carbonyl (C=O) groups is 2. The fourth-order valence-electron chi connectivity index (χ4n) is 3.98. The molecule has 3 aromatic rings. The number of hydrogen-bond acceptors (Lipinski definition) is 4. The molecule has 1 aliphatic rings. The Hall–Kier alpha value is -3.80. The molecule has 6 nitrogen and oxygen atoms in total. The summed E-state index contributed by atoms with van der Waals surface area (Å²) >= 11 is 0. The van der Waals surface area contributed by atoms with Crippen LogP contribution in [0.4, 0.5) is 17.1 Å². The van der Waals surface area contributed by atoms with Gasteiger partial charge in [0.15, 0.2) is 0 Å². The van der Waals surface area contributed by atoms with Crippen molar-refractivity contribution in [3.63, 3.8) is 0 Å². The molecule has 1 aliphatic heterocycles.